The summed E-state index contributed by atoms with van der Waals surface area (Å²) in [7, 11) is 4.31. The van der Waals surface area contributed by atoms with Gasteiger partial charge in [-0.3, -0.25) is 9.59 Å². The molecular weight excluding hydrogens is 396 g/mol. The molecule has 29 heavy (non-hydrogen) atoms. The number of nitrogens with zero attached hydrogens (tertiary/aromatic N) is 1. The van der Waals surface area contributed by atoms with Gasteiger partial charge in [0.25, 0.3) is 5.91 Å². The summed E-state index contributed by atoms with van der Waals surface area (Å²) >= 11 is 1.28. The van der Waals surface area contributed by atoms with Crippen LogP contribution in [0.2, 0.25) is 0 Å². The van der Waals surface area contributed by atoms with E-state index in [1.165, 1.54) is 39.6 Å². The molecule has 2 amide bonds. The molecular formula is C20H22N2O6S. The third-order valence-electron chi connectivity index (χ3n) is 4.76. The van der Waals surface area contributed by atoms with E-state index < -0.39 is 11.9 Å². The zero-order valence-electron chi connectivity index (χ0n) is 16.7. The zero-order chi connectivity index (χ0) is 21.1. The molecule has 1 aromatic carbocycles. The molecule has 3 rings (SSSR count). The minimum atomic E-state index is -0.513. The molecule has 9 heteroatoms. The van der Waals surface area contributed by atoms with Crippen LogP contribution in [-0.4, -0.2) is 50.6 Å². The first-order valence-electron chi connectivity index (χ1n) is 8.91. The predicted molar refractivity (Wildman–Crippen MR) is 108 cm³/mol. The van der Waals surface area contributed by atoms with Gasteiger partial charge >= 0.3 is 5.97 Å². The highest BCUT2D eigenvalue weighted by atomic mass is 32.1. The van der Waals surface area contributed by atoms with Gasteiger partial charge in [0.2, 0.25) is 5.91 Å². The molecule has 1 aliphatic heterocycles. The number of thiophene rings is 1. The first-order chi connectivity index (χ1) is 13.9. The van der Waals surface area contributed by atoms with Crippen molar-refractivity contribution >= 4 is 34.1 Å². The number of rotatable bonds is 5. The third kappa shape index (κ3) is 4.04. The molecule has 0 spiro atoms. The van der Waals surface area contributed by atoms with Gasteiger partial charge in [-0.25, -0.2) is 4.79 Å². The Bertz CT molecular complexity index is 968. The Labute approximate surface area is 172 Å². The van der Waals surface area contributed by atoms with Crippen molar-refractivity contribution in [1.29, 1.82) is 0 Å². The standard InChI is InChI=1S/C20H22N2O6S/c1-11(23)22-8-7-13-16(10-22)29-19(17(13)20(25)28-4)21-18(24)12-5-6-14(26-2)15(9-12)27-3/h5-6,9H,7-8,10H2,1-4H3,(H,21,24). The molecule has 1 aliphatic rings. The number of esters is 1. The number of carbonyl (C=O) groups excluding carboxylic acids is 3. The van der Waals surface area contributed by atoms with Gasteiger partial charge in [-0.05, 0) is 30.2 Å². The first-order valence-corrected chi connectivity index (χ1v) is 9.73. The number of methoxy groups -OCH3 is 3. The Morgan fingerprint density at radius 1 is 1.10 bits per heavy atom. The van der Waals surface area contributed by atoms with E-state index in [1.807, 2.05) is 0 Å². The number of hydrogen-bond donors (Lipinski definition) is 1. The van der Waals surface area contributed by atoms with Crippen molar-refractivity contribution in [1.82, 2.24) is 4.90 Å². The van der Waals surface area contributed by atoms with Crippen LogP contribution >= 0.6 is 11.3 Å². The molecule has 0 saturated heterocycles. The molecule has 0 atom stereocenters. The van der Waals surface area contributed by atoms with E-state index in [-0.39, 0.29) is 5.91 Å². The quantitative estimate of drug-likeness (QED) is 0.751. The van der Waals surface area contributed by atoms with Crippen LogP contribution in [0, 0.1) is 0 Å². The summed E-state index contributed by atoms with van der Waals surface area (Å²) in [5, 5.41) is 3.22. The monoisotopic (exact) mass is 418 g/mol. The van der Waals surface area contributed by atoms with Gasteiger partial charge < -0.3 is 24.4 Å². The van der Waals surface area contributed by atoms with Crippen molar-refractivity contribution in [2.45, 2.75) is 19.9 Å². The van der Waals surface area contributed by atoms with Crippen LogP contribution in [0.3, 0.4) is 0 Å². The van der Waals surface area contributed by atoms with Crippen LogP contribution in [0.25, 0.3) is 0 Å². The molecule has 154 valence electrons. The highest BCUT2D eigenvalue weighted by Crippen LogP contribution is 2.38. The molecule has 2 heterocycles. The second-order valence-corrected chi connectivity index (χ2v) is 7.52. The number of nitrogens with one attached hydrogen (secondary N) is 1. The Balaban J connectivity index is 1.93. The highest BCUT2D eigenvalue weighted by Gasteiger charge is 2.30. The average molecular weight is 418 g/mol. The third-order valence-corrected chi connectivity index (χ3v) is 5.90. The maximum absolute atomic E-state index is 12.8. The SMILES string of the molecule is COC(=O)c1c(NC(=O)c2ccc(OC)c(OC)c2)sc2c1CCN(C(C)=O)C2. The molecule has 2 aromatic rings. The summed E-state index contributed by atoms with van der Waals surface area (Å²) in [5.41, 5.74) is 1.53. The minimum absolute atomic E-state index is 0.0282. The van der Waals surface area contributed by atoms with Crippen molar-refractivity contribution < 1.29 is 28.6 Å². The Hall–Kier alpha value is -3.07. The number of anilines is 1. The van der Waals surface area contributed by atoms with Crippen molar-refractivity contribution in [2.24, 2.45) is 0 Å². The van der Waals surface area contributed by atoms with E-state index in [0.29, 0.717) is 47.1 Å². The van der Waals surface area contributed by atoms with Crippen molar-refractivity contribution in [3.8, 4) is 11.5 Å². The molecule has 1 N–H and O–H groups in total. The topological polar surface area (TPSA) is 94.2 Å². The fraction of sp³-hybridized carbons (Fsp3) is 0.350. The Kier molecular flexibility index (Phi) is 6.07. The second kappa shape index (κ2) is 8.52. The number of amides is 2. The van der Waals surface area contributed by atoms with Crippen LogP contribution in [0.4, 0.5) is 5.00 Å². The van der Waals surface area contributed by atoms with Crippen LogP contribution in [-0.2, 0) is 22.5 Å². The van der Waals surface area contributed by atoms with Crippen molar-refractivity contribution in [3.05, 3.63) is 39.8 Å². The molecule has 8 nitrogen and oxygen atoms in total. The van der Waals surface area contributed by atoms with Gasteiger partial charge in [0, 0.05) is 23.9 Å². The summed E-state index contributed by atoms with van der Waals surface area (Å²) in [4.78, 5) is 39.5. The second-order valence-electron chi connectivity index (χ2n) is 6.41. The summed E-state index contributed by atoms with van der Waals surface area (Å²) in [6.45, 7) is 2.44. The van der Waals surface area contributed by atoms with E-state index in [4.69, 9.17) is 14.2 Å². The van der Waals surface area contributed by atoms with Crippen LogP contribution < -0.4 is 14.8 Å². The number of carbonyl (C=O) groups is 3. The maximum atomic E-state index is 12.8. The van der Waals surface area contributed by atoms with Gasteiger partial charge in [0.1, 0.15) is 5.00 Å². The van der Waals surface area contributed by atoms with Crippen molar-refractivity contribution in [2.75, 3.05) is 33.2 Å². The number of benzene rings is 1. The number of hydrogen-bond acceptors (Lipinski definition) is 7. The number of fused-ring (bicyclic) bond motifs is 1. The van der Waals surface area contributed by atoms with Crippen LogP contribution in [0.1, 0.15) is 38.1 Å². The largest absolute Gasteiger partial charge is 0.493 e. The van der Waals surface area contributed by atoms with Crippen molar-refractivity contribution in [3.63, 3.8) is 0 Å². The molecule has 0 fully saturated rings. The molecule has 1 aromatic heterocycles. The fourth-order valence-electron chi connectivity index (χ4n) is 3.23. The van der Waals surface area contributed by atoms with Gasteiger partial charge in [-0.1, -0.05) is 0 Å². The summed E-state index contributed by atoms with van der Waals surface area (Å²) in [6.07, 6.45) is 0.530. The lowest BCUT2D eigenvalue weighted by atomic mass is 10.0. The Morgan fingerprint density at radius 3 is 2.45 bits per heavy atom. The zero-order valence-corrected chi connectivity index (χ0v) is 17.5. The molecule has 0 bridgehead atoms. The number of ether oxygens (including phenoxy) is 3. The highest BCUT2D eigenvalue weighted by molar-refractivity contribution is 7.17. The lowest BCUT2D eigenvalue weighted by Crippen LogP contribution is -2.33. The minimum Gasteiger partial charge on any atom is -0.493 e. The van der Waals surface area contributed by atoms with E-state index in [0.717, 1.165) is 10.4 Å². The van der Waals surface area contributed by atoms with Gasteiger partial charge in [-0.15, -0.1) is 11.3 Å². The van der Waals surface area contributed by atoms with Gasteiger partial charge in [0.05, 0.1) is 33.4 Å². The lowest BCUT2D eigenvalue weighted by Gasteiger charge is -2.25. The smallest absolute Gasteiger partial charge is 0.341 e. The van der Waals surface area contributed by atoms with E-state index in [1.54, 1.807) is 23.1 Å². The molecule has 0 aliphatic carbocycles. The fourth-order valence-corrected chi connectivity index (χ4v) is 4.48. The van der Waals surface area contributed by atoms with Crippen LogP contribution in [0.15, 0.2) is 18.2 Å². The maximum Gasteiger partial charge on any atom is 0.341 e. The average Bonchev–Trinajstić information content (AvgIpc) is 3.09. The predicted octanol–water partition coefficient (Wildman–Crippen LogP) is 2.71. The summed E-state index contributed by atoms with van der Waals surface area (Å²) in [5.74, 6) is 0.00484. The summed E-state index contributed by atoms with van der Waals surface area (Å²) < 4.78 is 15.4. The van der Waals surface area contributed by atoms with Gasteiger partial charge in [0.15, 0.2) is 11.5 Å². The molecule has 0 radical (unpaired) electrons. The summed E-state index contributed by atoms with van der Waals surface area (Å²) in [6, 6.07) is 4.82. The van der Waals surface area contributed by atoms with Gasteiger partial charge in [-0.2, -0.15) is 0 Å². The van der Waals surface area contributed by atoms with Crippen LogP contribution in [0.5, 0.6) is 11.5 Å². The first kappa shape index (κ1) is 20.7. The molecule has 0 saturated carbocycles. The molecule has 0 unspecified atom stereocenters. The normalized spacial score (nSPS) is 12.8. The lowest BCUT2D eigenvalue weighted by molar-refractivity contribution is -0.129. The van der Waals surface area contributed by atoms with E-state index in [2.05, 4.69) is 5.32 Å². The van der Waals surface area contributed by atoms with E-state index in [9.17, 15) is 14.4 Å². The van der Waals surface area contributed by atoms with E-state index >= 15 is 0 Å². The Morgan fingerprint density at radius 2 is 1.83 bits per heavy atom.